The molecular weight excluding hydrogens is 250 g/mol. The third-order valence-electron chi connectivity index (χ3n) is 4.24. The maximum atomic E-state index is 6.25. The Balaban J connectivity index is 2.09. The second-order valence-corrected chi connectivity index (χ2v) is 5.87. The predicted octanol–water partition coefficient (Wildman–Crippen LogP) is 1.77. The van der Waals surface area contributed by atoms with E-state index in [0.29, 0.717) is 18.0 Å². The summed E-state index contributed by atoms with van der Waals surface area (Å²) in [5.74, 6) is 1.53. The van der Waals surface area contributed by atoms with Crippen LogP contribution in [0, 0.1) is 19.8 Å². The lowest BCUT2D eigenvalue weighted by Gasteiger charge is -2.28. The van der Waals surface area contributed by atoms with E-state index >= 15 is 0 Å². The van der Waals surface area contributed by atoms with E-state index in [0.717, 1.165) is 12.3 Å². The highest BCUT2D eigenvalue weighted by atomic mass is 16.5. The van der Waals surface area contributed by atoms with Gasteiger partial charge in [0.2, 0.25) is 0 Å². The van der Waals surface area contributed by atoms with Gasteiger partial charge in [0.15, 0.2) is 0 Å². The lowest BCUT2D eigenvalue weighted by atomic mass is 9.92. The van der Waals surface area contributed by atoms with E-state index in [1.807, 2.05) is 7.05 Å². The van der Waals surface area contributed by atoms with Crippen molar-refractivity contribution in [3.8, 4) is 5.75 Å². The Kier molecular flexibility index (Phi) is 5.02. The van der Waals surface area contributed by atoms with Gasteiger partial charge in [-0.1, -0.05) is 18.2 Å². The average Bonchev–Trinajstić information content (AvgIpc) is 2.76. The number of aryl methyl sites for hydroxylation is 2. The van der Waals surface area contributed by atoms with Crippen LogP contribution in [-0.4, -0.2) is 31.8 Å². The minimum absolute atomic E-state index is 0.116. The van der Waals surface area contributed by atoms with Crippen molar-refractivity contribution in [1.82, 2.24) is 16.2 Å². The molecule has 1 aromatic carbocycles. The second-order valence-electron chi connectivity index (χ2n) is 5.87. The topological polar surface area (TPSA) is 45.3 Å². The van der Waals surface area contributed by atoms with Gasteiger partial charge in [0.25, 0.3) is 0 Å². The fourth-order valence-corrected chi connectivity index (χ4v) is 3.00. The number of rotatable bonds is 5. The molecule has 4 unspecified atom stereocenters. The van der Waals surface area contributed by atoms with Crippen molar-refractivity contribution in [3.05, 3.63) is 29.3 Å². The maximum Gasteiger partial charge on any atom is 0.125 e. The summed E-state index contributed by atoms with van der Waals surface area (Å²) in [6.07, 6.45) is 0.116. The number of hydrogen-bond donors (Lipinski definition) is 3. The van der Waals surface area contributed by atoms with Crippen molar-refractivity contribution in [3.63, 3.8) is 0 Å². The first-order valence-corrected chi connectivity index (χ1v) is 7.43. The minimum Gasteiger partial charge on any atom is -0.488 e. The van der Waals surface area contributed by atoms with Gasteiger partial charge in [0, 0.05) is 18.5 Å². The monoisotopic (exact) mass is 277 g/mol. The minimum atomic E-state index is 0.116. The summed E-state index contributed by atoms with van der Waals surface area (Å²) in [5, 5.41) is 3.28. The standard InChI is InChI=1S/C16H27N3O/c1-10-7-6-8-11(2)16(10)20-13(4)15-14(9-17-5)12(3)18-19-15/h6-8,12-15,17-19H,9H2,1-5H3. The fourth-order valence-electron chi connectivity index (χ4n) is 3.00. The summed E-state index contributed by atoms with van der Waals surface area (Å²) in [6.45, 7) is 9.53. The molecule has 20 heavy (non-hydrogen) atoms. The smallest absolute Gasteiger partial charge is 0.125 e. The molecular formula is C16H27N3O. The summed E-state index contributed by atoms with van der Waals surface area (Å²) in [5.41, 5.74) is 9.11. The Morgan fingerprint density at radius 2 is 1.90 bits per heavy atom. The Hall–Kier alpha value is -1.10. The van der Waals surface area contributed by atoms with Crippen molar-refractivity contribution in [2.24, 2.45) is 5.92 Å². The molecule has 1 heterocycles. The molecule has 112 valence electrons. The highest BCUT2D eigenvalue weighted by molar-refractivity contribution is 5.39. The molecule has 0 aliphatic carbocycles. The normalized spacial score (nSPS) is 27.6. The number of ether oxygens (including phenoxy) is 1. The molecule has 3 N–H and O–H groups in total. The van der Waals surface area contributed by atoms with Gasteiger partial charge < -0.3 is 10.1 Å². The van der Waals surface area contributed by atoms with Crippen LogP contribution in [0.5, 0.6) is 5.75 Å². The third-order valence-corrected chi connectivity index (χ3v) is 4.24. The Morgan fingerprint density at radius 3 is 2.50 bits per heavy atom. The zero-order chi connectivity index (χ0) is 14.7. The van der Waals surface area contributed by atoms with Crippen molar-refractivity contribution in [1.29, 1.82) is 0 Å². The van der Waals surface area contributed by atoms with Crippen LogP contribution in [-0.2, 0) is 0 Å². The van der Waals surface area contributed by atoms with E-state index in [2.05, 4.69) is 62.1 Å². The summed E-state index contributed by atoms with van der Waals surface area (Å²) >= 11 is 0. The molecule has 1 fully saturated rings. The third kappa shape index (κ3) is 3.14. The Morgan fingerprint density at radius 1 is 1.25 bits per heavy atom. The fraction of sp³-hybridized carbons (Fsp3) is 0.625. The molecule has 1 saturated heterocycles. The lowest BCUT2D eigenvalue weighted by molar-refractivity contribution is 0.151. The molecule has 1 aliphatic rings. The van der Waals surface area contributed by atoms with E-state index in [4.69, 9.17) is 4.74 Å². The molecule has 4 nitrogen and oxygen atoms in total. The summed E-state index contributed by atoms with van der Waals surface area (Å²) in [7, 11) is 2.00. The quantitative estimate of drug-likeness (QED) is 0.767. The predicted molar refractivity (Wildman–Crippen MR) is 82.9 cm³/mol. The van der Waals surface area contributed by atoms with E-state index in [1.165, 1.54) is 11.1 Å². The van der Waals surface area contributed by atoms with Crippen molar-refractivity contribution in [2.75, 3.05) is 13.6 Å². The highest BCUT2D eigenvalue weighted by Crippen LogP contribution is 2.26. The van der Waals surface area contributed by atoms with Crippen LogP contribution < -0.4 is 20.9 Å². The number of para-hydroxylation sites is 1. The zero-order valence-electron chi connectivity index (χ0n) is 13.2. The lowest BCUT2D eigenvalue weighted by Crippen LogP contribution is -2.45. The van der Waals surface area contributed by atoms with Crippen LogP contribution in [0.2, 0.25) is 0 Å². The number of hydrogen-bond acceptors (Lipinski definition) is 4. The van der Waals surface area contributed by atoms with Gasteiger partial charge in [-0.15, -0.1) is 0 Å². The van der Waals surface area contributed by atoms with Crippen LogP contribution in [0.25, 0.3) is 0 Å². The molecule has 0 aromatic heterocycles. The maximum absolute atomic E-state index is 6.25. The molecule has 0 amide bonds. The van der Waals surface area contributed by atoms with E-state index in [-0.39, 0.29) is 6.10 Å². The molecule has 2 rings (SSSR count). The average molecular weight is 277 g/mol. The van der Waals surface area contributed by atoms with Crippen molar-refractivity contribution >= 4 is 0 Å². The molecule has 0 spiro atoms. The molecule has 1 aromatic rings. The summed E-state index contributed by atoms with van der Waals surface area (Å²) in [6, 6.07) is 7.02. The number of nitrogens with one attached hydrogen (secondary N) is 3. The van der Waals surface area contributed by atoms with Crippen LogP contribution in [0.15, 0.2) is 18.2 Å². The van der Waals surface area contributed by atoms with E-state index in [9.17, 15) is 0 Å². The molecule has 4 heteroatoms. The SMILES string of the molecule is CNCC1C(C)NNC1C(C)Oc1c(C)cccc1C. The molecule has 4 atom stereocenters. The first-order valence-electron chi connectivity index (χ1n) is 7.43. The first-order chi connectivity index (χ1) is 9.54. The molecule has 1 aliphatic heterocycles. The largest absolute Gasteiger partial charge is 0.488 e. The first kappa shape index (κ1) is 15.3. The van der Waals surface area contributed by atoms with Crippen LogP contribution in [0.3, 0.4) is 0 Å². The number of hydrazine groups is 1. The molecule has 0 bridgehead atoms. The van der Waals surface area contributed by atoms with Gasteiger partial charge in [0.05, 0.1) is 6.04 Å². The Labute approximate surface area is 122 Å². The second kappa shape index (κ2) is 6.57. The number of benzene rings is 1. The van der Waals surface area contributed by atoms with E-state index < -0.39 is 0 Å². The summed E-state index contributed by atoms with van der Waals surface area (Å²) < 4.78 is 6.25. The van der Waals surface area contributed by atoms with Gasteiger partial charge in [-0.25, -0.2) is 0 Å². The van der Waals surface area contributed by atoms with Gasteiger partial charge in [-0.05, 0) is 45.9 Å². The van der Waals surface area contributed by atoms with Crippen LogP contribution >= 0.6 is 0 Å². The van der Waals surface area contributed by atoms with Crippen molar-refractivity contribution < 1.29 is 4.74 Å². The van der Waals surface area contributed by atoms with Gasteiger partial charge in [-0.2, -0.15) is 0 Å². The van der Waals surface area contributed by atoms with Gasteiger partial charge in [0.1, 0.15) is 11.9 Å². The molecule has 0 radical (unpaired) electrons. The van der Waals surface area contributed by atoms with Crippen LogP contribution in [0.1, 0.15) is 25.0 Å². The molecule has 0 saturated carbocycles. The van der Waals surface area contributed by atoms with Gasteiger partial charge >= 0.3 is 0 Å². The summed E-state index contributed by atoms with van der Waals surface area (Å²) in [4.78, 5) is 0. The Bertz CT molecular complexity index is 429. The van der Waals surface area contributed by atoms with Gasteiger partial charge in [-0.3, -0.25) is 10.9 Å². The highest BCUT2D eigenvalue weighted by Gasteiger charge is 2.37. The van der Waals surface area contributed by atoms with Crippen LogP contribution in [0.4, 0.5) is 0 Å². The van der Waals surface area contributed by atoms with E-state index in [1.54, 1.807) is 0 Å². The zero-order valence-corrected chi connectivity index (χ0v) is 13.2. The van der Waals surface area contributed by atoms with Crippen molar-refractivity contribution in [2.45, 2.75) is 45.9 Å².